The molecule has 1 aromatic heterocycles. The summed E-state index contributed by atoms with van der Waals surface area (Å²) in [7, 11) is 0. The summed E-state index contributed by atoms with van der Waals surface area (Å²) >= 11 is 5.30. The van der Waals surface area contributed by atoms with E-state index in [-0.39, 0.29) is 16.4 Å². The molecule has 3 aromatic carbocycles. The zero-order valence-electron chi connectivity index (χ0n) is 21.1. The van der Waals surface area contributed by atoms with Gasteiger partial charge in [0.25, 0.3) is 11.6 Å². The first-order valence-corrected chi connectivity index (χ1v) is 12.8. The Bertz CT molecular complexity index is 1540. The molecule has 194 valence electrons. The molecule has 4 aromatic rings. The minimum Gasteiger partial charge on any atom is -0.440 e. The van der Waals surface area contributed by atoms with Gasteiger partial charge < -0.3 is 14.6 Å². The summed E-state index contributed by atoms with van der Waals surface area (Å²) in [4.78, 5) is 30.5. The van der Waals surface area contributed by atoms with Gasteiger partial charge in [0, 0.05) is 36.8 Å². The number of hydrogen-bond donors (Lipinski definition) is 2. The highest BCUT2D eigenvalue weighted by Gasteiger charge is 2.24. The summed E-state index contributed by atoms with van der Waals surface area (Å²) in [6, 6.07) is 16.2. The molecule has 2 heterocycles. The number of nitrogens with zero attached hydrogens (tertiary/aromatic N) is 3. The Kier molecular flexibility index (Phi) is 7.06. The molecule has 5 rings (SSSR count). The van der Waals surface area contributed by atoms with Gasteiger partial charge in [0.15, 0.2) is 16.6 Å². The van der Waals surface area contributed by atoms with Crippen LogP contribution in [-0.2, 0) is 6.42 Å². The number of benzene rings is 3. The second-order valence-corrected chi connectivity index (χ2v) is 9.88. The number of carbonyl (C=O) groups excluding carboxylic acids is 1. The molecule has 0 unspecified atom stereocenters. The summed E-state index contributed by atoms with van der Waals surface area (Å²) in [5.74, 6) is 0.124. The third kappa shape index (κ3) is 5.50. The number of fused-ring (bicyclic) bond motifs is 1. The number of hydrogen-bond acceptors (Lipinski definition) is 7. The van der Waals surface area contributed by atoms with Crippen molar-refractivity contribution in [3.8, 4) is 0 Å². The van der Waals surface area contributed by atoms with E-state index < -0.39 is 10.8 Å². The van der Waals surface area contributed by atoms with Crippen LogP contribution in [0.25, 0.3) is 11.1 Å². The fraction of sp³-hybridized carbons (Fsp3) is 0.250. The molecule has 2 N–H and O–H groups in total. The Balaban J connectivity index is 1.21. The minimum atomic E-state index is -0.517. The average molecular weight is 530 g/mol. The van der Waals surface area contributed by atoms with E-state index in [0.29, 0.717) is 23.7 Å². The molecular formula is C28H27N5O4S. The molecule has 1 aliphatic rings. The van der Waals surface area contributed by atoms with Crippen molar-refractivity contribution in [2.45, 2.75) is 33.1 Å². The summed E-state index contributed by atoms with van der Waals surface area (Å²) in [5, 5.41) is 17.3. The highest BCUT2D eigenvalue weighted by atomic mass is 32.1. The van der Waals surface area contributed by atoms with Gasteiger partial charge in [-0.3, -0.25) is 20.2 Å². The molecule has 1 saturated heterocycles. The largest absolute Gasteiger partial charge is 0.440 e. The lowest BCUT2D eigenvalue weighted by molar-refractivity contribution is -0.384. The summed E-state index contributed by atoms with van der Waals surface area (Å²) in [6.45, 7) is 5.59. The SMILES string of the molecule is Cc1cc(C)c2oc(Cc3ccc(NC(=S)NC(=O)c4ccc(N5CCCC5)c([N+](=O)[O-])c4)cc3)nc2c1. The van der Waals surface area contributed by atoms with Crippen LogP contribution < -0.4 is 15.5 Å². The first kappa shape index (κ1) is 25.3. The van der Waals surface area contributed by atoms with Crippen LogP contribution in [0.2, 0.25) is 0 Å². The van der Waals surface area contributed by atoms with Gasteiger partial charge in [0.05, 0.1) is 4.92 Å². The second-order valence-electron chi connectivity index (χ2n) is 9.47. The number of carbonyl (C=O) groups is 1. The lowest BCUT2D eigenvalue weighted by Gasteiger charge is -2.18. The zero-order valence-corrected chi connectivity index (χ0v) is 21.9. The molecule has 0 bridgehead atoms. The van der Waals surface area contributed by atoms with Crippen molar-refractivity contribution in [1.82, 2.24) is 10.3 Å². The van der Waals surface area contributed by atoms with Crippen molar-refractivity contribution in [1.29, 1.82) is 0 Å². The monoisotopic (exact) mass is 529 g/mol. The normalized spacial score (nSPS) is 13.1. The first-order chi connectivity index (χ1) is 18.3. The molecule has 0 spiro atoms. The lowest BCUT2D eigenvalue weighted by atomic mass is 10.1. The lowest BCUT2D eigenvalue weighted by Crippen LogP contribution is -2.34. The third-order valence-electron chi connectivity index (χ3n) is 6.54. The van der Waals surface area contributed by atoms with Crippen LogP contribution in [-0.4, -0.2) is 34.0 Å². The number of rotatable bonds is 6. The number of aromatic nitrogens is 1. The number of nitrogens with one attached hydrogen (secondary N) is 2. The van der Waals surface area contributed by atoms with Crippen LogP contribution in [0.5, 0.6) is 0 Å². The van der Waals surface area contributed by atoms with E-state index in [2.05, 4.69) is 21.7 Å². The molecular weight excluding hydrogens is 502 g/mol. The number of nitro groups is 1. The second kappa shape index (κ2) is 10.6. The van der Waals surface area contributed by atoms with E-state index in [1.54, 1.807) is 12.1 Å². The van der Waals surface area contributed by atoms with E-state index in [1.165, 1.54) is 6.07 Å². The van der Waals surface area contributed by atoms with Crippen molar-refractivity contribution in [2.24, 2.45) is 0 Å². The Hall–Kier alpha value is -4.31. The smallest absolute Gasteiger partial charge is 0.293 e. The molecule has 0 aliphatic carbocycles. The van der Waals surface area contributed by atoms with Gasteiger partial charge in [-0.1, -0.05) is 18.2 Å². The number of nitro benzene ring substituents is 1. The maximum Gasteiger partial charge on any atom is 0.293 e. The Morgan fingerprint density at radius 1 is 1.11 bits per heavy atom. The van der Waals surface area contributed by atoms with E-state index >= 15 is 0 Å². The fourth-order valence-corrected chi connectivity index (χ4v) is 4.96. The highest BCUT2D eigenvalue weighted by molar-refractivity contribution is 7.80. The number of aryl methyl sites for hydroxylation is 2. The quantitative estimate of drug-likeness (QED) is 0.187. The summed E-state index contributed by atoms with van der Waals surface area (Å²) < 4.78 is 5.96. The van der Waals surface area contributed by atoms with Crippen molar-refractivity contribution < 1.29 is 14.1 Å². The number of oxazole rings is 1. The van der Waals surface area contributed by atoms with Gasteiger partial charge in [-0.15, -0.1) is 0 Å². The van der Waals surface area contributed by atoms with Crippen molar-refractivity contribution in [3.05, 3.63) is 92.9 Å². The van der Waals surface area contributed by atoms with E-state index in [9.17, 15) is 14.9 Å². The van der Waals surface area contributed by atoms with Gasteiger partial charge in [-0.2, -0.15) is 0 Å². The number of thiocarbonyl (C=S) groups is 1. The summed E-state index contributed by atoms with van der Waals surface area (Å²) in [6.07, 6.45) is 2.54. The van der Waals surface area contributed by atoms with Crippen molar-refractivity contribution in [3.63, 3.8) is 0 Å². The van der Waals surface area contributed by atoms with Crippen LogP contribution in [0.4, 0.5) is 17.1 Å². The third-order valence-corrected chi connectivity index (χ3v) is 6.74. The molecule has 0 atom stereocenters. The first-order valence-electron chi connectivity index (χ1n) is 12.4. The molecule has 38 heavy (non-hydrogen) atoms. The minimum absolute atomic E-state index is 0.0849. The molecule has 9 nitrogen and oxygen atoms in total. The van der Waals surface area contributed by atoms with Gasteiger partial charge in [0.2, 0.25) is 0 Å². The van der Waals surface area contributed by atoms with Crippen LogP contribution in [0.15, 0.2) is 59.0 Å². The topological polar surface area (TPSA) is 114 Å². The predicted molar refractivity (Wildman–Crippen MR) is 151 cm³/mol. The predicted octanol–water partition coefficient (Wildman–Crippen LogP) is 5.67. The van der Waals surface area contributed by atoms with E-state index in [4.69, 9.17) is 16.6 Å². The van der Waals surface area contributed by atoms with Crippen LogP contribution in [0, 0.1) is 24.0 Å². The van der Waals surface area contributed by atoms with E-state index in [0.717, 1.165) is 53.7 Å². The van der Waals surface area contributed by atoms with Gasteiger partial charge in [-0.05, 0) is 85.9 Å². The maximum absolute atomic E-state index is 12.7. The Morgan fingerprint density at radius 2 is 1.84 bits per heavy atom. The maximum atomic E-state index is 12.7. The van der Waals surface area contributed by atoms with Gasteiger partial charge >= 0.3 is 0 Å². The Morgan fingerprint density at radius 3 is 2.55 bits per heavy atom. The zero-order chi connectivity index (χ0) is 26.8. The average Bonchev–Trinajstić information content (AvgIpc) is 3.55. The number of amides is 1. The standard InChI is InChI=1S/C28H27N5O4S/c1-17-13-18(2)26-22(14-17)30-25(37-26)15-19-5-8-21(9-6-19)29-28(38)31-27(34)20-7-10-23(24(16-20)33(35)36)32-11-3-4-12-32/h5-10,13-14,16H,3-4,11-12,15H2,1-2H3,(H2,29,31,34,38). The molecule has 10 heteroatoms. The van der Waals surface area contributed by atoms with E-state index in [1.807, 2.05) is 49.1 Å². The highest BCUT2D eigenvalue weighted by Crippen LogP contribution is 2.31. The summed E-state index contributed by atoms with van der Waals surface area (Å²) in [5.41, 5.74) is 6.19. The van der Waals surface area contributed by atoms with Gasteiger partial charge in [0.1, 0.15) is 11.2 Å². The molecule has 1 aliphatic heterocycles. The number of anilines is 2. The van der Waals surface area contributed by atoms with Gasteiger partial charge in [-0.25, -0.2) is 4.98 Å². The molecule has 0 saturated carbocycles. The van der Waals surface area contributed by atoms with Crippen LogP contribution in [0.1, 0.15) is 45.8 Å². The fourth-order valence-electron chi connectivity index (χ4n) is 4.75. The Labute approximate surface area is 225 Å². The van der Waals surface area contributed by atoms with Crippen LogP contribution in [0.3, 0.4) is 0 Å². The molecule has 1 amide bonds. The molecule has 0 radical (unpaired) electrons. The van der Waals surface area contributed by atoms with Crippen molar-refractivity contribution in [2.75, 3.05) is 23.3 Å². The molecule has 1 fully saturated rings. The van der Waals surface area contributed by atoms with Crippen molar-refractivity contribution >= 4 is 51.4 Å². The van der Waals surface area contributed by atoms with Crippen LogP contribution >= 0.6 is 12.2 Å².